The highest BCUT2D eigenvalue weighted by molar-refractivity contribution is 6.36. The molecule has 1 fully saturated rings. The van der Waals surface area contributed by atoms with Gasteiger partial charge in [0.05, 0.1) is 22.2 Å². The van der Waals surface area contributed by atoms with Gasteiger partial charge in [-0.25, -0.2) is 4.98 Å². The number of carboxylic acid groups (broad SMARTS) is 1. The first kappa shape index (κ1) is 18.0. The molecule has 0 aliphatic carbocycles. The summed E-state index contributed by atoms with van der Waals surface area (Å²) in [7, 11) is 0. The summed E-state index contributed by atoms with van der Waals surface area (Å²) in [5.41, 5.74) is 1.19. The minimum absolute atomic E-state index is 0.00702. The normalized spacial score (nSPS) is 17.8. The van der Waals surface area contributed by atoms with Crippen molar-refractivity contribution in [3.63, 3.8) is 0 Å². The monoisotopic (exact) mass is 383 g/mol. The second-order valence-corrected chi connectivity index (χ2v) is 7.16. The van der Waals surface area contributed by atoms with Gasteiger partial charge in [-0.3, -0.25) is 9.59 Å². The lowest BCUT2D eigenvalue weighted by molar-refractivity contribution is -0.139. The number of fused-ring (bicyclic) bond motifs is 1. The van der Waals surface area contributed by atoms with Crippen LogP contribution < -0.4 is 0 Å². The Morgan fingerprint density at radius 1 is 1.28 bits per heavy atom. The van der Waals surface area contributed by atoms with Crippen LogP contribution in [-0.4, -0.2) is 43.9 Å². The molecule has 0 spiro atoms. The Labute approximate surface area is 155 Å². The number of likely N-dealkylation sites (tertiary alicyclic amines) is 1. The molecule has 1 N–H and O–H groups in total. The Balaban J connectivity index is 1.73. The predicted octanol–water partition coefficient (Wildman–Crippen LogP) is 3.43. The average Bonchev–Trinajstić information content (AvgIpc) is 2.95. The molecule has 1 saturated heterocycles. The number of halogens is 2. The fourth-order valence-corrected chi connectivity index (χ4v) is 3.86. The van der Waals surface area contributed by atoms with Gasteiger partial charge in [-0.15, -0.1) is 0 Å². The van der Waals surface area contributed by atoms with Crippen molar-refractivity contribution in [3.05, 3.63) is 34.2 Å². The fraction of sp³-hybridized carbons (Fsp3) is 0.471. The maximum absolute atomic E-state index is 12.7. The molecule has 25 heavy (non-hydrogen) atoms. The molecule has 1 aliphatic rings. The lowest BCUT2D eigenvalue weighted by Gasteiger charge is -2.35. The number of amides is 1. The first-order valence-corrected chi connectivity index (χ1v) is 9.03. The van der Waals surface area contributed by atoms with Crippen molar-refractivity contribution in [3.8, 4) is 0 Å². The molecule has 1 atom stereocenters. The maximum Gasteiger partial charge on any atom is 0.303 e. The number of rotatable bonds is 5. The van der Waals surface area contributed by atoms with Gasteiger partial charge < -0.3 is 14.4 Å². The molecule has 0 aromatic carbocycles. The molecule has 1 amide bonds. The van der Waals surface area contributed by atoms with Gasteiger partial charge in [0.25, 0.3) is 0 Å². The second kappa shape index (κ2) is 7.62. The summed E-state index contributed by atoms with van der Waals surface area (Å²) in [5, 5.41) is 9.83. The van der Waals surface area contributed by atoms with E-state index in [2.05, 4.69) is 4.98 Å². The minimum Gasteiger partial charge on any atom is -0.481 e. The van der Waals surface area contributed by atoms with E-state index in [9.17, 15) is 9.59 Å². The van der Waals surface area contributed by atoms with Crippen LogP contribution in [0.25, 0.3) is 5.65 Å². The van der Waals surface area contributed by atoms with Crippen molar-refractivity contribution < 1.29 is 14.7 Å². The summed E-state index contributed by atoms with van der Waals surface area (Å²) in [6, 6.07) is 1.61. The summed E-state index contributed by atoms with van der Waals surface area (Å²) in [6.07, 6.45) is 7.01. The van der Waals surface area contributed by atoms with Crippen molar-refractivity contribution in [2.75, 3.05) is 6.54 Å². The van der Waals surface area contributed by atoms with Crippen LogP contribution in [0.5, 0.6) is 0 Å². The SMILES string of the molecule is O=C(O)CCC1CCCCN1C(=O)Cc1cn2cc(Cl)cc(Cl)c2n1. The zero-order valence-electron chi connectivity index (χ0n) is 13.6. The number of imidazole rings is 1. The van der Waals surface area contributed by atoms with Crippen LogP contribution >= 0.6 is 23.2 Å². The van der Waals surface area contributed by atoms with Crippen LogP contribution in [0.4, 0.5) is 0 Å². The summed E-state index contributed by atoms with van der Waals surface area (Å²) < 4.78 is 1.71. The zero-order valence-corrected chi connectivity index (χ0v) is 15.1. The van der Waals surface area contributed by atoms with Crippen LogP contribution in [0.15, 0.2) is 18.5 Å². The Hall–Kier alpha value is -1.79. The maximum atomic E-state index is 12.7. The van der Waals surface area contributed by atoms with Gasteiger partial charge in [0.1, 0.15) is 0 Å². The standard InChI is InChI=1S/C17H19Cl2N3O3/c18-11-7-14(19)17-20-12(10-21(17)9-11)8-15(23)22-6-2-1-3-13(22)4-5-16(24)25/h7,9-10,13H,1-6,8H2,(H,24,25). The van der Waals surface area contributed by atoms with Crippen LogP contribution in [0.2, 0.25) is 10.0 Å². The first-order valence-electron chi connectivity index (χ1n) is 8.28. The molecule has 2 aromatic heterocycles. The third-order valence-corrected chi connectivity index (χ3v) is 4.98. The molecule has 3 rings (SSSR count). The van der Waals surface area contributed by atoms with E-state index in [1.165, 1.54) is 0 Å². The number of carbonyl (C=O) groups excluding carboxylic acids is 1. The molecule has 3 heterocycles. The van der Waals surface area contributed by atoms with Gasteiger partial charge in [0, 0.05) is 31.4 Å². The topological polar surface area (TPSA) is 74.9 Å². The number of hydrogen-bond acceptors (Lipinski definition) is 3. The Bertz CT molecular complexity index is 806. The number of aromatic nitrogens is 2. The van der Waals surface area contributed by atoms with E-state index < -0.39 is 5.97 Å². The summed E-state index contributed by atoms with van der Waals surface area (Å²) >= 11 is 12.1. The van der Waals surface area contributed by atoms with E-state index in [0.29, 0.717) is 34.4 Å². The molecule has 0 bridgehead atoms. The number of nitrogens with zero attached hydrogens (tertiary/aromatic N) is 3. The van der Waals surface area contributed by atoms with Crippen molar-refractivity contribution in [1.82, 2.24) is 14.3 Å². The van der Waals surface area contributed by atoms with E-state index in [4.69, 9.17) is 28.3 Å². The number of hydrogen-bond donors (Lipinski definition) is 1. The van der Waals surface area contributed by atoms with Crippen LogP contribution in [0.1, 0.15) is 37.8 Å². The van der Waals surface area contributed by atoms with Gasteiger partial charge in [-0.05, 0) is 31.7 Å². The van der Waals surface area contributed by atoms with Crippen LogP contribution in [0, 0.1) is 0 Å². The van der Waals surface area contributed by atoms with E-state index >= 15 is 0 Å². The number of piperidine rings is 1. The molecule has 134 valence electrons. The smallest absolute Gasteiger partial charge is 0.303 e. The van der Waals surface area contributed by atoms with Gasteiger partial charge in [-0.2, -0.15) is 0 Å². The Kier molecular flexibility index (Phi) is 5.49. The van der Waals surface area contributed by atoms with E-state index in [0.717, 1.165) is 19.3 Å². The molecule has 1 aliphatic heterocycles. The molecular weight excluding hydrogens is 365 g/mol. The zero-order chi connectivity index (χ0) is 18.0. The fourth-order valence-electron chi connectivity index (χ4n) is 3.34. The lowest BCUT2D eigenvalue weighted by atomic mass is 9.97. The van der Waals surface area contributed by atoms with Gasteiger partial charge in [0.2, 0.25) is 5.91 Å². The summed E-state index contributed by atoms with van der Waals surface area (Å²) in [6.45, 7) is 0.670. The van der Waals surface area contributed by atoms with Gasteiger partial charge in [-0.1, -0.05) is 23.2 Å². The molecular formula is C17H19Cl2N3O3. The number of carbonyl (C=O) groups is 2. The van der Waals surface area contributed by atoms with Crippen LogP contribution in [0.3, 0.4) is 0 Å². The van der Waals surface area contributed by atoms with Gasteiger partial charge >= 0.3 is 5.97 Å². The van der Waals surface area contributed by atoms with Crippen molar-refractivity contribution in [2.24, 2.45) is 0 Å². The molecule has 6 nitrogen and oxygen atoms in total. The highest BCUT2D eigenvalue weighted by Crippen LogP contribution is 2.24. The third kappa shape index (κ3) is 4.25. The molecule has 1 unspecified atom stereocenters. The average molecular weight is 384 g/mol. The number of aliphatic carboxylic acids is 1. The van der Waals surface area contributed by atoms with E-state index in [1.54, 1.807) is 22.9 Å². The van der Waals surface area contributed by atoms with Crippen molar-refractivity contribution in [1.29, 1.82) is 0 Å². The lowest BCUT2D eigenvalue weighted by Crippen LogP contribution is -2.44. The largest absolute Gasteiger partial charge is 0.481 e. The molecule has 0 radical (unpaired) electrons. The number of pyridine rings is 1. The summed E-state index contributed by atoms with van der Waals surface area (Å²) in [4.78, 5) is 29.8. The predicted molar refractivity (Wildman–Crippen MR) is 95.1 cm³/mol. The highest BCUT2D eigenvalue weighted by Gasteiger charge is 2.27. The Morgan fingerprint density at radius 2 is 2.08 bits per heavy atom. The second-order valence-electron chi connectivity index (χ2n) is 6.32. The summed E-state index contributed by atoms with van der Waals surface area (Å²) in [5.74, 6) is -0.856. The van der Waals surface area contributed by atoms with E-state index in [1.807, 2.05) is 4.90 Å². The van der Waals surface area contributed by atoms with Crippen molar-refractivity contribution in [2.45, 2.75) is 44.6 Å². The minimum atomic E-state index is -0.829. The van der Waals surface area contributed by atoms with E-state index in [-0.39, 0.29) is 24.8 Å². The third-order valence-electron chi connectivity index (χ3n) is 4.49. The molecule has 8 heteroatoms. The first-order chi connectivity index (χ1) is 11.9. The van der Waals surface area contributed by atoms with Crippen LogP contribution in [-0.2, 0) is 16.0 Å². The molecule has 0 saturated carbocycles. The number of carboxylic acids is 1. The van der Waals surface area contributed by atoms with Gasteiger partial charge in [0.15, 0.2) is 5.65 Å². The molecule has 2 aromatic rings. The van der Waals surface area contributed by atoms with Crippen molar-refractivity contribution >= 4 is 40.7 Å². The quantitative estimate of drug-likeness (QED) is 0.857. The highest BCUT2D eigenvalue weighted by atomic mass is 35.5. The Morgan fingerprint density at radius 3 is 2.84 bits per heavy atom.